The van der Waals surface area contributed by atoms with Gasteiger partial charge in [0.05, 0.1) is 27.8 Å². The van der Waals surface area contributed by atoms with Crippen LogP contribution >= 0.6 is 0 Å². The van der Waals surface area contributed by atoms with Gasteiger partial charge in [0.15, 0.2) is 0 Å². The molecule has 4 aliphatic heterocycles. The summed E-state index contributed by atoms with van der Waals surface area (Å²) < 4.78 is 26.9. The van der Waals surface area contributed by atoms with Crippen LogP contribution in [0.4, 0.5) is 17.1 Å². The van der Waals surface area contributed by atoms with Crippen LogP contribution in [0.5, 0.6) is 34.5 Å². The monoisotopic (exact) mass is 1320 g/mol. The number of aromatic nitrogens is 2. The average Bonchev–Trinajstić information content (AvgIpc) is 0.722. The summed E-state index contributed by atoms with van der Waals surface area (Å²) in [4.78, 5) is 2.56. The van der Waals surface area contributed by atoms with Crippen molar-refractivity contribution in [3.8, 4) is 79.3 Å². The number of anilines is 3. The Bertz CT molecular complexity index is 5840. The number of hydrogen-bond acceptors (Lipinski definition) is 4. The molecule has 0 spiro atoms. The van der Waals surface area contributed by atoms with Gasteiger partial charge in [0.2, 0.25) is 0 Å². The molecule has 0 bridgehead atoms. The number of fused-ring (bicyclic) bond motifs is 14. The number of para-hydroxylation sites is 2. The van der Waals surface area contributed by atoms with Gasteiger partial charge in [-0.3, -0.25) is 0 Å². The Labute approximate surface area is 598 Å². The smallest absolute Gasteiger partial charge is 0.260 e. The third-order valence-corrected chi connectivity index (χ3v) is 22.3. The Hall–Kier alpha value is -11.2. The van der Waals surface area contributed by atoms with Crippen LogP contribution in [0.15, 0.2) is 261 Å². The SMILES string of the molecule is CC(C)(C)c1ccc2c(c1)c1cc(C(C)(C)C)ccc1n2-c1ccc2c(c1)Oc1cc(-c3cc4c5c(c3)Oc3ccccc3B5c3ccccc3O4)cc3c1B2c1ccc(-n2c4ccc(C(C)(C)C)cc4c4cc(C(C)(C)C)ccc42)cc1N3c1ccc(-c2ccccc2)cc1-c1ccccc1. The van der Waals surface area contributed by atoms with Gasteiger partial charge in [-0.25, -0.2) is 0 Å². The number of ether oxygens (including phenoxy) is 3. The Morgan fingerprint density at radius 2 is 0.657 bits per heavy atom. The fourth-order valence-corrected chi connectivity index (χ4v) is 16.8. The van der Waals surface area contributed by atoms with Crippen LogP contribution < -0.4 is 51.9 Å². The van der Waals surface area contributed by atoms with Gasteiger partial charge in [0.1, 0.15) is 34.5 Å². The molecule has 0 atom stereocenters. The lowest BCUT2D eigenvalue weighted by Crippen LogP contribution is -2.59. The van der Waals surface area contributed by atoms with E-state index in [9.17, 15) is 0 Å². The van der Waals surface area contributed by atoms with E-state index in [1.54, 1.807) is 0 Å². The maximum atomic E-state index is 7.80. The van der Waals surface area contributed by atoms with Crippen LogP contribution in [0, 0.1) is 0 Å². The van der Waals surface area contributed by atoms with Crippen molar-refractivity contribution in [2.45, 2.75) is 105 Å². The summed E-state index contributed by atoms with van der Waals surface area (Å²) in [6.07, 6.45) is 0. The Balaban J connectivity index is 0.895. The zero-order chi connectivity index (χ0) is 69.6. The fourth-order valence-electron chi connectivity index (χ4n) is 16.8. The highest BCUT2D eigenvalue weighted by atomic mass is 16.5. The molecule has 0 fully saturated rings. The number of nitrogens with zero attached hydrogens (tertiary/aromatic N) is 3. The van der Waals surface area contributed by atoms with Crippen molar-refractivity contribution in [2.75, 3.05) is 4.90 Å². The molecule has 0 aliphatic carbocycles. The topological polar surface area (TPSA) is 40.8 Å². The van der Waals surface area contributed by atoms with Crippen molar-refractivity contribution in [1.29, 1.82) is 0 Å². The average molecular weight is 1320 g/mol. The highest BCUT2D eigenvalue weighted by Crippen LogP contribution is 2.50. The number of hydrogen-bond donors (Lipinski definition) is 0. The van der Waals surface area contributed by atoms with Crippen molar-refractivity contribution in [3.05, 3.63) is 283 Å². The van der Waals surface area contributed by atoms with E-state index in [0.717, 1.165) is 135 Å². The third-order valence-electron chi connectivity index (χ3n) is 22.3. The van der Waals surface area contributed by atoms with E-state index in [4.69, 9.17) is 14.2 Å². The van der Waals surface area contributed by atoms with E-state index in [-0.39, 0.29) is 35.1 Å². The minimum atomic E-state index is -0.250. The van der Waals surface area contributed by atoms with Gasteiger partial charge in [-0.15, -0.1) is 0 Å². The van der Waals surface area contributed by atoms with Crippen LogP contribution in [0.2, 0.25) is 0 Å². The zero-order valence-electron chi connectivity index (χ0n) is 60.0. The molecular weight excluding hydrogens is 1240 g/mol. The Morgan fingerprint density at radius 3 is 1.15 bits per heavy atom. The van der Waals surface area contributed by atoms with Crippen molar-refractivity contribution >= 4 is 107 Å². The van der Waals surface area contributed by atoms with Gasteiger partial charge in [0, 0.05) is 61.4 Å². The largest absolute Gasteiger partial charge is 0.458 e. The quantitative estimate of drug-likeness (QED) is 0.156. The molecule has 13 aromatic carbocycles. The molecule has 0 N–H and O–H groups in total. The van der Waals surface area contributed by atoms with Crippen LogP contribution in [0.25, 0.3) is 88.4 Å². The molecule has 4 aliphatic rings. The molecular formula is C94H79B2N3O3. The molecule has 6 nitrogen and oxygen atoms in total. The summed E-state index contributed by atoms with van der Waals surface area (Å²) in [5.74, 6) is 4.86. The van der Waals surface area contributed by atoms with Crippen LogP contribution in [0.1, 0.15) is 105 Å². The fraction of sp³-hybridized carbons (Fsp3) is 0.170. The second-order valence-electron chi connectivity index (χ2n) is 32.9. The van der Waals surface area contributed by atoms with Crippen molar-refractivity contribution < 1.29 is 14.2 Å². The molecule has 0 amide bonds. The molecule has 0 saturated carbocycles. The van der Waals surface area contributed by atoms with E-state index in [1.165, 1.54) is 60.3 Å². The van der Waals surface area contributed by atoms with Crippen LogP contribution in [-0.2, 0) is 21.7 Å². The minimum Gasteiger partial charge on any atom is -0.458 e. The summed E-state index contributed by atoms with van der Waals surface area (Å²) in [6, 6.07) is 97.7. The highest BCUT2D eigenvalue weighted by Gasteiger charge is 2.45. The van der Waals surface area contributed by atoms with Crippen LogP contribution in [-0.4, -0.2) is 22.6 Å². The Morgan fingerprint density at radius 1 is 0.255 bits per heavy atom. The predicted molar refractivity (Wildman–Crippen MR) is 430 cm³/mol. The maximum Gasteiger partial charge on any atom is 0.260 e. The molecule has 2 aromatic heterocycles. The van der Waals surface area contributed by atoms with E-state index in [1.807, 2.05) is 0 Å². The summed E-state index contributed by atoms with van der Waals surface area (Å²) in [5.41, 5.74) is 28.0. The standard InChI is InChI=1S/C94H79B2N3O3/c1-91(2,3)61-32-41-77-68(50-61)69-51-62(92(4,5)6)33-42-78(69)97(77)65-36-38-72-81(54-65)99(76-40-31-58(56-23-15-13-16-24-56)45-67(76)57-25-17-14-18-26-57)82-46-59(60-48-87-90-88(49-60)101-84-30-22-20-28-74(84)96(90)73-27-19-21-29-83(73)100-87)47-86-89(82)95(72)75-39-37-66(55-85(75)102-86)98-79-43-34-63(93(7,8)9)52-70(79)71-53-64(94(10,11)12)35-44-80(71)98/h13-55H,1-12H3. The number of rotatable bonds is 6. The molecule has 8 heteroatoms. The lowest BCUT2D eigenvalue weighted by molar-refractivity contribution is 0.465. The molecule has 15 aromatic rings. The molecule has 494 valence electrons. The van der Waals surface area contributed by atoms with E-state index >= 15 is 0 Å². The van der Waals surface area contributed by atoms with Gasteiger partial charge in [0.25, 0.3) is 13.4 Å². The van der Waals surface area contributed by atoms with Gasteiger partial charge in [-0.1, -0.05) is 223 Å². The minimum absolute atomic E-state index is 0.0401. The first-order valence-electron chi connectivity index (χ1n) is 36.2. The second-order valence-corrected chi connectivity index (χ2v) is 32.9. The van der Waals surface area contributed by atoms with Gasteiger partial charge >= 0.3 is 0 Å². The zero-order valence-corrected chi connectivity index (χ0v) is 60.0. The van der Waals surface area contributed by atoms with Gasteiger partial charge in [-0.05, 0) is 214 Å². The van der Waals surface area contributed by atoms with E-state index in [0.29, 0.717) is 0 Å². The maximum absolute atomic E-state index is 7.80. The number of benzene rings is 13. The molecule has 0 unspecified atom stereocenters. The van der Waals surface area contributed by atoms with Crippen molar-refractivity contribution in [1.82, 2.24) is 9.13 Å². The molecule has 0 radical (unpaired) electrons. The first-order valence-corrected chi connectivity index (χ1v) is 36.2. The summed E-state index contributed by atoms with van der Waals surface area (Å²) in [5, 5.41) is 4.98. The molecule has 6 heterocycles. The van der Waals surface area contributed by atoms with Crippen molar-refractivity contribution in [3.63, 3.8) is 0 Å². The van der Waals surface area contributed by atoms with E-state index < -0.39 is 0 Å². The lowest BCUT2D eigenvalue weighted by Gasteiger charge is -2.41. The Kier molecular flexibility index (Phi) is 13.4. The highest BCUT2D eigenvalue weighted by molar-refractivity contribution is 6.99. The van der Waals surface area contributed by atoms with E-state index in [2.05, 4.69) is 358 Å². The molecule has 0 saturated heterocycles. The summed E-state index contributed by atoms with van der Waals surface area (Å²) in [7, 11) is 0. The third kappa shape index (κ3) is 9.69. The van der Waals surface area contributed by atoms with Gasteiger partial charge in [-0.2, -0.15) is 0 Å². The molecule has 102 heavy (non-hydrogen) atoms. The summed E-state index contributed by atoms with van der Waals surface area (Å²) in [6.45, 7) is 27.4. The van der Waals surface area contributed by atoms with Crippen molar-refractivity contribution in [2.24, 2.45) is 0 Å². The van der Waals surface area contributed by atoms with Crippen LogP contribution in [0.3, 0.4) is 0 Å². The normalized spacial score (nSPS) is 13.7. The first-order chi connectivity index (χ1) is 49.1. The first kappa shape index (κ1) is 61.8. The van der Waals surface area contributed by atoms with Gasteiger partial charge < -0.3 is 28.2 Å². The summed E-state index contributed by atoms with van der Waals surface area (Å²) >= 11 is 0. The lowest BCUT2D eigenvalue weighted by atomic mass is 9.34. The molecule has 19 rings (SSSR count). The predicted octanol–water partition coefficient (Wildman–Crippen LogP) is 21.2. The second kappa shape index (κ2) is 22.1.